The summed E-state index contributed by atoms with van der Waals surface area (Å²) in [6, 6.07) is 18.4. The Morgan fingerprint density at radius 3 is 1.41 bits per heavy atom. The zero-order chi connectivity index (χ0) is 21.2. The van der Waals surface area contributed by atoms with Crippen LogP contribution in [0.25, 0.3) is 0 Å². The number of benzene rings is 3. The van der Waals surface area contributed by atoms with Gasteiger partial charge in [-0.05, 0) is 61.4 Å². The maximum atomic E-state index is 14.6. The summed E-state index contributed by atoms with van der Waals surface area (Å²) in [5, 5.41) is 1.18. The summed E-state index contributed by atoms with van der Waals surface area (Å²) in [6.45, 7) is 10.4. The number of hydrogen-bond acceptors (Lipinski definition) is 2. The monoisotopic (exact) mass is 404 g/mol. The van der Waals surface area contributed by atoms with Crippen molar-refractivity contribution in [2.45, 2.75) is 47.5 Å². The van der Waals surface area contributed by atoms with E-state index in [1.165, 1.54) is 16.7 Å². The van der Waals surface area contributed by atoms with Crippen LogP contribution in [-0.2, 0) is 17.4 Å². The van der Waals surface area contributed by atoms with Crippen LogP contribution in [0.1, 0.15) is 52.0 Å². The van der Waals surface area contributed by atoms with E-state index in [-0.39, 0.29) is 5.52 Å². The van der Waals surface area contributed by atoms with Crippen LogP contribution in [0.5, 0.6) is 0 Å². The van der Waals surface area contributed by atoms with Crippen molar-refractivity contribution < 1.29 is 9.36 Å². The molecule has 0 aliphatic heterocycles. The van der Waals surface area contributed by atoms with Crippen molar-refractivity contribution in [3.05, 3.63) is 94.0 Å². The minimum atomic E-state index is -3.51. The van der Waals surface area contributed by atoms with Gasteiger partial charge in [-0.15, -0.1) is 0 Å². The molecule has 0 radical (unpaired) electrons. The molecule has 0 heterocycles. The number of carbonyl (C=O) groups excluding carboxylic acids is 1. The molecule has 2 nitrogen and oxygen atoms in total. The first-order valence-corrected chi connectivity index (χ1v) is 12.0. The highest BCUT2D eigenvalue weighted by Gasteiger charge is 2.38. The van der Waals surface area contributed by atoms with Gasteiger partial charge >= 0.3 is 0 Å². The topological polar surface area (TPSA) is 34.1 Å². The van der Waals surface area contributed by atoms with Crippen LogP contribution in [0.15, 0.2) is 60.7 Å². The predicted octanol–water partition coefficient (Wildman–Crippen LogP) is 5.89. The summed E-state index contributed by atoms with van der Waals surface area (Å²) in [6.07, 6.45) is 1.71. The number of hydrogen-bond donors (Lipinski definition) is 0. The quantitative estimate of drug-likeness (QED) is 0.480. The van der Waals surface area contributed by atoms with Gasteiger partial charge in [0.15, 0.2) is 0 Å². The lowest BCUT2D eigenvalue weighted by Gasteiger charge is -2.24. The van der Waals surface area contributed by atoms with Gasteiger partial charge in [0.2, 0.25) is 12.7 Å². The van der Waals surface area contributed by atoms with E-state index in [2.05, 4.69) is 20.8 Å². The van der Waals surface area contributed by atoms with Crippen molar-refractivity contribution in [3.8, 4) is 0 Å². The molecule has 150 valence electrons. The van der Waals surface area contributed by atoms with Crippen LogP contribution in [0.3, 0.4) is 0 Å². The second-order valence-corrected chi connectivity index (χ2v) is 10.2. The lowest BCUT2D eigenvalue weighted by molar-refractivity contribution is 0.107. The first-order chi connectivity index (χ1) is 13.9. The Kier molecular flexibility index (Phi) is 6.24. The Labute approximate surface area is 174 Å². The summed E-state index contributed by atoms with van der Waals surface area (Å²) in [7, 11) is -3.51. The molecule has 0 unspecified atom stereocenters. The largest absolute Gasteiger partial charge is 0.305 e. The van der Waals surface area contributed by atoms with Crippen LogP contribution in [0, 0.1) is 20.8 Å². The van der Waals surface area contributed by atoms with Crippen molar-refractivity contribution in [2.24, 2.45) is 0 Å². The van der Waals surface area contributed by atoms with Gasteiger partial charge in [0.05, 0.1) is 0 Å². The molecule has 0 aliphatic rings. The Morgan fingerprint density at radius 1 is 0.690 bits per heavy atom. The summed E-state index contributed by atoms with van der Waals surface area (Å²) in [4.78, 5) is 14.1. The van der Waals surface area contributed by atoms with Crippen LogP contribution in [0.4, 0.5) is 0 Å². The zero-order valence-electron chi connectivity index (χ0n) is 18.0. The van der Waals surface area contributed by atoms with Crippen LogP contribution < -0.4 is 10.6 Å². The Morgan fingerprint density at radius 2 is 1.07 bits per heavy atom. The van der Waals surface area contributed by atoms with Crippen LogP contribution in [0.2, 0.25) is 0 Å². The SMILES string of the molecule is CCc1c(C)c(CC)c(C)c(C(=O)P(=O)(c2ccccc2)c2ccccc2)c1C. The van der Waals surface area contributed by atoms with Gasteiger partial charge in [0, 0.05) is 16.2 Å². The third kappa shape index (κ3) is 3.51. The van der Waals surface area contributed by atoms with Crippen molar-refractivity contribution in [2.75, 3.05) is 0 Å². The second kappa shape index (κ2) is 8.51. The van der Waals surface area contributed by atoms with E-state index < -0.39 is 7.14 Å². The summed E-state index contributed by atoms with van der Waals surface area (Å²) in [5.74, 6) is 0. The van der Waals surface area contributed by atoms with E-state index in [0.29, 0.717) is 16.2 Å². The summed E-state index contributed by atoms with van der Waals surface area (Å²) >= 11 is 0. The van der Waals surface area contributed by atoms with Crippen LogP contribution in [-0.4, -0.2) is 5.52 Å². The smallest absolute Gasteiger partial charge is 0.230 e. The molecule has 3 heteroatoms. The normalized spacial score (nSPS) is 11.5. The van der Waals surface area contributed by atoms with Gasteiger partial charge in [-0.25, -0.2) is 0 Å². The lowest BCUT2D eigenvalue weighted by atomic mass is 9.86. The first kappa shape index (κ1) is 21.3. The molecule has 3 aromatic rings. The molecule has 0 aromatic heterocycles. The fourth-order valence-corrected chi connectivity index (χ4v) is 7.13. The van der Waals surface area contributed by atoms with Crippen molar-refractivity contribution in [3.63, 3.8) is 0 Å². The van der Waals surface area contributed by atoms with Crippen molar-refractivity contribution in [1.82, 2.24) is 0 Å². The maximum absolute atomic E-state index is 14.6. The second-order valence-electron chi connectivity index (χ2n) is 7.50. The van der Waals surface area contributed by atoms with E-state index in [1.807, 2.05) is 74.5 Å². The maximum Gasteiger partial charge on any atom is 0.230 e. The van der Waals surface area contributed by atoms with Gasteiger partial charge < -0.3 is 4.57 Å². The summed E-state index contributed by atoms with van der Waals surface area (Å²) in [5.41, 5.74) is 5.98. The van der Waals surface area contributed by atoms with Crippen molar-refractivity contribution in [1.29, 1.82) is 0 Å². The first-order valence-electron chi connectivity index (χ1n) is 10.3. The molecule has 0 spiro atoms. The lowest BCUT2D eigenvalue weighted by Crippen LogP contribution is -2.24. The zero-order valence-corrected chi connectivity index (χ0v) is 18.8. The van der Waals surface area contributed by atoms with E-state index in [0.717, 1.165) is 24.0 Å². The molecule has 0 saturated heterocycles. The van der Waals surface area contributed by atoms with Gasteiger partial charge in [-0.3, -0.25) is 4.79 Å². The molecule has 0 saturated carbocycles. The molecule has 29 heavy (non-hydrogen) atoms. The number of carbonyl (C=O) groups is 1. The molecule has 0 bridgehead atoms. The van der Waals surface area contributed by atoms with Crippen molar-refractivity contribution >= 4 is 23.3 Å². The molecule has 0 fully saturated rings. The van der Waals surface area contributed by atoms with E-state index in [1.54, 1.807) is 0 Å². The summed E-state index contributed by atoms with van der Waals surface area (Å²) < 4.78 is 14.6. The molecular weight excluding hydrogens is 375 g/mol. The average molecular weight is 404 g/mol. The standard InChI is InChI=1S/C26H29O2P/c1-6-23-18(3)24(7-2)20(5)25(19(23)4)26(27)29(28,21-14-10-8-11-15-21)22-16-12-9-13-17-22/h8-17H,6-7H2,1-5H3. The van der Waals surface area contributed by atoms with Gasteiger partial charge in [0.25, 0.3) is 0 Å². The molecule has 0 atom stereocenters. The van der Waals surface area contributed by atoms with Gasteiger partial charge in [-0.1, -0.05) is 74.5 Å². The highest BCUT2D eigenvalue weighted by atomic mass is 31.2. The Bertz CT molecular complexity index is 1010. The highest BCUT2D eigenvalue weighted by molar-refractivity contribution is 7.93. The molecule has 0 aliphatic carbocycles. The highest BCUT2D eigenvalue weighted by Crippen LogP contribution is 2.48. The molecular formula is C26H29O2P. The van der Waals surface area contributed by atoms with Gasteiger partial charge in [0.1, 0.15) is 0 Å². The molecule has 3 rings (SSSR count). The fraction of sp³-hybridized carbons (Fsp3) is 0.269. The molecule has 0 N–H and O–H groups in total. The third-order valence-corrected chi connectivity index (χ3v) is 8.85. The van der Waals surface area contributed by atoms with Crippen LogP contribution >= 0.6 is 7.14 Å². The van der Waals surface area contributed by atoms with E-state index in [4.69, 9.17) is 0 Å². The van der Waals surface area contributed by atoms with E-state index >= 15 is 0 Å². The minimum absolute atomic E-state index is 0.255. The molecule has 0 amide bonds. The molecule has 3 aromatic carbocycles. The fourth-order valence-electron chi connectivity index (χ4n) is 4.53. The third-order valence-electron chi connectivity index (χ3n) is 6.01. The average Bonchev–Trinajstić information content (AvgIpc) is 2.75. The minimum Gasteiger partial charge on any atom is -0.305 e. The Hall–Kier alpha value is -2.44. The Balaban J connectivity index is 2.36. The van der Waals surface area contributed by atoms with Gasteiger partial charge in [-0.2, -0.15) is 0 Å². The number of rotatable bonds is 6. The predicted molar refractivity (Wildman–Crippen MR) is 123 cm³/mol. The van der Waals surface area contributed by atoms with E-state index in [9.17, 15) is 9.36 Å².